The van der Waals surface area contributed by atoms with Crippen LogP contribution in [0.5, 0.6) is 0 Å². The van der Waals surface area contributed by atoms with Crippen molar-refractivity contribution in [3.63, 3.8) is 0 Å². The average Bonchev–Trinajstić information content (AvgIpc) is 1.79. The summed E-state index contributed by atoms with van der Waals surface area (Å²) in [4.78, 5) is 4.26. The molecule has 0 aromatic rings. The Morgan fingerprint density at radius 2 is 2.00 bits per heavy atom. The molecular formula is C8H18N2O. The molecule has 0 aromatic carbocycles. The quantitative estimate of drug-likeness (QED) is 0.495. The van der Waals surface area contributed by atoms with Crippen LogP contribution >= 0.6 is 0 Å². The molecule has 0 fully saturated rings. The largest absolute Gasteiger partial charge is 0.387 e. The molecule has 11 heavy (non-hydrogen) atoms. The number of hydrogen-bond acceptors (Lipinski definition) is 2. The number of amidine groups is 1. The number of nitrogens with zero attached hydrogens (tertiary/aromatic N) is 1. The number of rotatable bonds is 3. The molecule has 3 heteroatoms. The van der Waals surface area contributed by atoms with Crippen LogP contribution in [0.2, 0.25) is 0 Å². The fourth-order valence-corrected chi connectivity index (χ4v) is 0.693. The van der Waals surface area contributed by atoms with Crippen molar-refractivity contribution in [3.05, 3.63) is 0 Å². The fraction of sp³-hybridized carbons (Fsp3) is 0.875. The van der Waals surface area contributed by atoms with E-state index in [9.17, 15) is 0 Å². The SMILES string of the molecule is COCCC(N)=NC(C)(C)C. The molecule has 0 atom stereocenters. The van der Waals surface area contributed by atoms with Crippen molar-refractivity contribution in [2.75, 3.05) is 13.7 Å². The highest BCUT2D eigenvalue weighted by molar-refractivity contribution is 5.80. The van der Waals surface area contributed by atoms with Crippen LogP contribution < -0.4 is 5.73 Å². The maximum Gasteiger partial charge on any atom is 0.0966 e. The maximum atomic E-state index is 5.62. The van der Waals surface area contributed by atoms with E-state index < -0.39 is 0 Å². The highest BCUT2D eigenvalue weighted by Gasteiger charge is 2.07. The van der Waals surface area contributed by atoms with Gasteiger partial charge in [-0.3, -0.25) is 4.99 Å². The summed E-state index contributed by atoms with van der Waals surface area (Å²) in [5.41, 5.74) is 5.54. The lowest BCUT2D eigenvalue weighted by atomic mass is 10.1. The molecule has 3 nitrogen and oxygen atoms in total. The minimum absolute atomic E-state index is 0.0716. The average molecular weight is 158 g/mol. The molecule has 0 saturated heterocycles. The number of nitrogens with two attached hydrogens (primary N) is 1. The fourth-order valence-electron chi connectivity index (χ4n) is 0.693. The third-order valence-corrected chi connectivity index (χ3v) is 1.04. The van der Waals surface area contributed by atoms with Crippen LogP contribution in [0.4, 0.5) is 0 Å². The number of aliphatic imine (C=N–C) groups is 1. The van der Waals surface area contributed by atoms with Crippen LogP contribution in [-0.4, -0.2) is 25.1 Å². The van der Waals surface area contributed by atoms with E-state index in [1.165, 1.54) is 0 Å². The Labute approximate surface area is 68.6 Å². The first kappa shape index (κ1) is 10.4. The van der Waals surface area contributed by atoms with Crippen molar-refractivity contribution in [2.24, 2.45) is 10.7 Å². The van der Waals surface area contributed by atoms with Crippen molar-refractivity contribution < 1.29 is 4.74 Å². The van der Waals surface area contributed by atoms with Crippen LogP contribution in [0.3, 0.4) is 0 Å². The summed E-state index contributed by atoms with van der Waals surface area (Å²) in [5.74, 6) is 0.666. The van der Waals surface area contributed by atoms with E-state index in [-0.39, 0.29) is 5.54 Å². The lowest BCUT2D eigenvalue weighted by Gasteiger charge is -2.13. The summed E-state index contributed by atoms with van der Waals surface area (Å²) in [5, 5.41) is 0. The molecule has 0 amide bonds. The molecule has 66 valence electrons. The van der Waals surface area contributed by atoms with E-state index in [0.29, 0.717) is 18.9 Å². The van der Waals surface area contributed by atoms with Gasteiger partial charge in [0.15, 0.2) is 0 Å². The predicted octanol–water partition coefficient (Wildman–Crippen LogP) is 1.18. The van der Waals surface area contributed by atoms with Gasteiger partial charge < -0.3 is 10.5 Å². The standard InChI is InChI=1S/C8H18N2O/c1-8(2,3)10-7(9)5-6-11-4/h5-6H2,1-4H3,(H2,9,10). The first-order valence-corrected chi connectivity index (χ1v) is 3.79. The van der Waals surface area contributed by atoms with Crippen LogP contribution in [0, 0.1) is 0 Å². The number of methoxy groups -OCH3 is 1. The van der Waals surface area contributed by atoms with Gasteiger partial charge in [0.25, 0.3) is 0 Å². The van der Waals surface area contributed by atoms with Crippen LogP contribution in [-0.2, 0) is 4.74 Å². The minimum Gasteiger partial charge on any atom is -0.387 e. The minimum atomic E-state index is -0.0716. The maximum absolute atomic E-state index is 5.62. The summed E-state index contributed by atoms with van der Waals surface area (Å²) < 4.78 is 4.87. The Kier molecular flexibility index (Phi) is 4.11. The molecule has 0 aromatic heterocycles. The lowest BCUT2D eigenvalue weighted by molar-refractivity contribution is 0.207. The van der Waals surface area contributed by atoms with Gasteiger partial charge in [0.2, 0.25) is 0 Å². The smallest absolute Gasteiger partial charge is 0.0966 e. The molecule has 2 N–H and O–H groups in total. The second-order valence-corrected chi connectivity index (χ2v) is 3.52. The topological polar surface area (TPSA) is 47.6 Å². The molecule has 0 unspecified atom stereocenters. The van der Waals surface area contributed by atoms with E-state index in [4.69, 9.17) is 10.5 Å². The van der Waals surface area contributed by atoms with Crippen molar-refractivity contribution in [1.29, 1.82) is 0 Å². The van der Waals surface area contributed by atoms with Gasteiger partial charge in [-0.25, -0.2) is 0 Å². The second-order valence-electron chi connectivity index (χ2n) is 3.52. The van der Waals surface area contributed by atoms with E-state index in [2.05, 4.69) is 4.99 Å². The van der Waals surface area contributed by atoms with Gasteiger partial charge >= 0.3 is 0 Å². The summed E-state index contributed by atoms with van der Waals surface area (Å²) in [7, 11) is 1.66. The lowest BCUT2D eigenvalue weighted by Crippen LogP contribution is -2.21. The van der Waals surface area contributed by atoms with Crippen molar-refractivity contribution >= 4 is 5.84 Å². The molecule has 0 radical (unpaired) electrons. The van der Waals surface area contributed by atoms with Gasteiger partial charge in [0.05, 0.1) is 18.0 Å². The molecule has 0 saturated carbocycles. The first-order chi connectivity index (χ1) is 4.95. The van der Waals surface area contributed by atoms with Crippen molar-refractivity contribution in [3.8, 4) is 0 Å². The molecule has 0 bridgehead atoms. The van der Waals surface area contributed by atoms with Gasteiger partial charge in [0, 0.05) is 13.5 Å². The van der Waals surface area contributed by atoms with Crippen molar-refractivity contribution in [1.82, 2.24) is 0 Å². The second kappa shape index (κ2) is 4.34. The third-order valence-electron chi connectivity index (χ3n) is 1.04. The van der Waals surface area contributed by atoms with Gasteiger partial charge in [0.1, 0.15) is 0 Å². The van der Waals surface area contributed by atoms with E-state index in [1.807, 2.05) is 20.8 Å². The van der Waals surface area contributed by atoms with Crippen molar-refractivity contribution in [2.45, 2.75) is 32.7 Å². The highest BCUT2D eigenvalue weighted by Crippen LogP contribution is 2.06. The normalized spacial score (nSPS) is 13.6. The molecule has 0 aliphatic carbocycles. The summed E-state index contributed by atoms with van der Waals surface area (Å²) >= 11 is 0. The Morgan fingerprint density at radius 1 is 1.45 bits per heavy atom. The Bertz CT molecular complexity index is 136. The zero-order valence-corrected chi connectivity index (χ0v) is 7.85. The van der Waals surface area contributed by atoms with E-state index in [0.717, 1.165) is 0 Å². The van der Waals surface area contributed by atoms with Gasteiger partial charge in [-0.1, -0.05) is 0 Å². The van der Waals surface area contributed by atoms with E-state index in [1.54, 1.807) is 7.11 Å². The number of hydrogen-bond donors (Lipinski definition) is 1. The summed E-state index contributed by atoms with van der Waals surface area (Å²) in [6, 6.07) is 0. The van der Waals surface area contributed by atoms with E-state index >= 15 is 0 Å². The Hall–Kier alpha value is -0.570. The van der Waals surface area contributed by atoms with Gasteiger partial charge in [-0.15, -0.1) is 0 Å². The third kappa shape index (κ3) is 7.33. The molecule has 0 heterocycles. The number of ether oxygens (including phenoxy) is 1. The summed E-state index contributed by atoms with van der Waals surface area (Å²) in [6.45, 7) is 6.71. The van der Waals surface area contributed by atoms with Gasteiger partial charge in [-0.2, -0.15) is 0 Å². The van der Waals surface area contributed by atoms with Crippen LogP contribution in [0.1, 0.15) is 27.2 Å². The van der Waals surface area contributed by atoms with Crippen LogP contribution in [0.25, 0.3) is 0 Å². The van der Waals surface area contributed by atoms with Gasteiger partial charge in [-0.05, 0) is 20.8 Å². The monoisotopic (exact) mass is 158 g/mol. The molecule has 0 aliphatic heterocycles. The Balaban J connectivity index is 3.81. The van der Waals surface area contributed by atoms with Crippen LogP contribution in [0.15, 0.2) is 4.99 Å². The summed E-state index contributed by atoms with van der Waals surface area (Å²) in [6.07, 6.45) is 0.716. The zero-order chi connectivity index (χ0) is 8.91. The molecule has 0 rings (SSSR count). The molecular weight excluding hydrogens is 140 g/mol. The molecule has 0 spiro atoms. The first-order valence-electron chi connectivity index (χ1n) is 3.79. The molecule has 0 aliphatic rings. The Morgan fingerprint density at radius 3 is 2.36 bits per heavy atom. The predicted molar refractivity (Wildman–Crippen MR) is 47.9 cm³/mol. The zero-order valence-electron chi connectivity index (χ0n) is 7.85. The highest BCUT2D eigenvalue weighted by atomic mass is 16.5.